The Kier molecular flexibility index (Phi) is 4.29. The standard InChI is InChI=1S/C15H28Si/c1-2-6-13-7-9-14(10-8-13)15(16)11-4-3-5-12-15/h2,13-14H,1,3-12H2,16H3. The lowest BCUT2D eigenvalue weighted by Crippen LogP contribution is -2.30. The number of hydrogen-bond donors (Lipinski definition) is 0. The monoisotopic (exact) mass is 236 g/mol. The third kappa shape index (κ3) is 2.79. The molecule has 0 atom stereocenters. The van der Waals surface area contributed by atoms with Crippen LogP contribution in [0.5, 0.6) is 0 Å². The van der Waals surface area contributed by atoms with E-state index in [1.165, 1.54) is 61.6 Å². The van der Waals surface area contributed by atoms with Crippen molar-refractivity contribution >= 4 is 10.2 Å². The minimum atomic E-state index is 0.845. The molecule has 2 fully saturated rings. The molecule has 0 aromatic rings. The lowest BCUT2D eigenvalue weighted by Gasteiger charge is -2.44. The second kappa shape index (κ2) is 5.53. The van der Waals surface area contributed by atoms with Gasteiger partial charge in [-0.2, -0.15) is 0 Å². The van der Waals surface area contributed by atoms with Crippen LogP contribution in [0.2, 0.25) is 5.04 Å². The fraction of sp³-hybridized carbons (Fsp3) is 0.867. The molecule has 1 heteroatoms. The maximum atomic E-state index is 3.88. The first-order chi connectivity index (χ1) is 7.74. The average Bonchev–Trinajstić information content (AvgIpc) is 2.31. The van der Waals surface area contributed by atoms with Gasteiger partial charge in [-0.3, -0.25) is 0 Å². The molecule has 0 saturated heterocycles. The summed E-state index contributed by atoms with van der Waals surface area (Å²) in [4.78, 5) is 0. The molecular formula is C15H28Si. The zero-order valence-corrected chi connectivity index (χ0v) is 13.0. The summed E-state index contributed by atoms with van der Waals surface area (Å²) in [6.07, 6.45) is 17.1. The quantitative estimate of drug-likeness (QED) is 0.516. The molecular weight excluding hydrogens is 208 g/mol. The molecule has 0 heterocycles. The van der Waals surface area contributed by atoms with Gasteiger partial charge in [-0.1, -0.05) is 38.2 Å². The first-order valence-electron chi connectivity index (χ1n) is 7.35. The van der Waals surface area contributed by atoms with Gasteiger partial charge in [0.2, 0.25) is 0 Å². The normalized spacial score (nSPS) is 34.8. The van der Waals surface area contributed by atoms with Crippen LogP contribution in [0.1, 0.15) is 64.2 Å². The second-order valence-electron chi connectivity index (χ2n) is 6.46. The van der Waals surface area contributed by atoms with E-state index in [1.54, 1.807) is 12.8 Å². The Bertz CT molecular complexity index is 220. The maximum absolute atomic E-state index is 3.88. The van der Waals surface area contributed by atoms with E-state index >= 15 is 0 Å². The molecule has 2 aliphatic rings. The molecule has 2 aliphatic carbocycles. The fourth-order valence-electron chi connectivity index (χ4n) is 4.10. The molecule has 0 N–H and O–H groups in total. The van der Waals surface area contributed by atoms with Crippen molar-refractivity contribution in [2.45, 2.75) is 69.2 Å². The van der Waals surface area contributed by atoms with Crippen molar-refractivity contribution < 1.29 is 0 Å². The molecule has 2 rings (SSSR count). The zero-order chi connectivity index (χ0) is 11.4. The van der Waals surface area contributed by atoms with Gasteiger partial charge in [0.15, 0.2) is 0 Å². The molecule has 0 bridgehead atoms. The van der Waals surface area contributed by atoms with Crippen molar-refractivity contribution in [3.63, 3.8) is 0 Å². The van der Waals surface area contributed by atoms with Crippen LogP contribution in [0.25, 0.3) is 0 Å². The van der Waals surface area contributed by atoms with Crippen LogP contribution in [-0.4, -0.2) is 10.2 Å². The SMILES string of the molecule is C=CCC1CCC(C2([SiH3])CCCCC2)CC1. The van der Waals surface area contributed by atoms with E-state index in [2.05, 4.69) is 12.7 Å². The molecule has 0 amide bonds. The summed E-state index contributed by atoms with van der Waals surface area (Å²) < 4.78 is 0. The summed E-state index contributed by atoms with van der Waals surface area (Å²) in [6, 6.07) is 0. The summed E-state index contributed by atoms with van der Waals surface area (Å²) in [7, 11) is 1.45. The van der Waals surface area contributed by atoms with Crippen LogP contribution in [0, 0.1) is 11.8 Å². The van der Waals surface area contributed by atoms with E-state index in [4.69, 9.17) is 0 Å². The molecule has 0 spiro atoms. The van der Waals surface area contributed by atoms with Crippen molar-refractivity contribution in [2.24, 2.45) is 11.8 Å². The van der Waals surface area contributed by atoms with Gasteiger partial charge in [0.25, 0.3) is 0 Å². The maximum Gasteiger partial charge on any atom is 0.0110 e. The van der Waals surface area contributed by atoms with E-state index in [-0.39, 0.29) is 0 Å². The van der Waals surface area contributed by atoms with E-state index in [0.717, 1.165) is 16.9 Å². The smallest absolute Gasteiger partial charge is 0.0110 e. The predicted molar refractivity (Wildman–Crippen MR) is 76.0 cm³/mol. The molecule has 2 saturated carbocycles. The average molecular weight is 236 g/mol. The van der Waals surface area contributed by atoms with Crippen molar-refractivity contribution in [3.8, 4) is 0 Å². The van der Waals surface area contributed by atoms with Crippen molar-refractivity contribution in [3.05, 3.63) is 12.7 Å². The zero-order valence-electron chi connectivity index (χ0n) is 11.0. The first kappa shape index (κ1) is 12.4. The van der Waals surface area contributed by atoms with Crippen molar-refractivity contribution in [1.29, 1.82) is 0 Å². The van der Waals surface area contributed by atoms with Crippen molar-refractivity contribution in [2.75, 3.05) is 0 Å². The summed E-state index contributed by atoms with van der Waals surface area (Å²) in [5.74, 6) is 2.07. The minimum absolute atomic E-state index is 0.845. The van der Waals surface area contributed by atoms with Crippen LogP contribution in [0.15, 0.2) is 12.7 Å². The molecule has 0 aromatic carbocycles. The summed E-state index contributed by atoms with van der Waals surface area (Å²) in [5, 5.41) is 0.845. The molecule has 0 unspecified atom stereocenters. The fourth-order valence-corrected chi connectivity index (χ4v) is 5.38. The summed E-state index contributed by atoms with van der Waals surface area (Å²) in [5.41, 5.74) is 0. The lowest BCUT2D eigenvalue weighted by molar-refractivity contribution is 0.182. The minimum Gasteiger partial charge on any atom is -0.103 e. The summed E-state index contributed by atoms with van der Waals surface area (Å²) >= 11 is 0. The Morgan fingerprint density at radius 2 is 1.69 bits per heavy atom. The Balaban J connectivity index is 1.85. The molecule has 0 aromatic heterocycles. The van der Waals surface area contributed by atoms with Gasteiger partial charge in [0.1, 0.15) is 0 Å². The van der Waals surface area contributed by atoms with Crippen LogP contribution >= 0.6 is 0 Å². The highest BCUT2D eigenvalue weighted by Crippen LogP contribution is 2.52. The molecule has 16 heavy (non-hydrogen) atoms. The topological polar surface area (TPSA) is 0 Å². The van der Waals surface area contributed by atoms with Gasteiger partial charge < -0.3 is 0 Å². The van der Waals surface area contributed by atoms with Gasteiger partial charge in [0.05, 0.1) is 0 Å². The van der Waals surface area contributed by atoms with Crippen LogP contribution in [-0.2, 0) is 0 Å². The number of hydrogen-bond acceptors (Lipinski definition) is 0. The molecule has 92 valence electrons. The lowest BCUT2D eigenvalue weighted by atomic mass is 9.69. The van der Waals surface area contributed by atoms with Crippen molar-refractivity contribution in [1.82, 2.24) is 0 Å². The highest BCUT2D eigenvalue weighted by atomic mass is 28.1. The van der Waals surface area contributed by atoms with Gasteiger partial charge in [-0.15, -0.1) is 6.58 Å². The van der Waals surface area contributed by atoms with Gasteiger partial charge in [-0.05, 0) is 49.0 Å². The third-order valence-corrected chi connectivity index (χ3v) is 7.14. The van der Waals surface area contributed by atoms with Crippen LogP contribution < -0.4 is 0 Å². The highest BCUT2D eigenvalue weighted by Gasteiger charge is 2.36. The van der Waals surface area contributed by atoms with Gasteiger partial charge in [-0.25, -0.2) is 0 Å². The van der Waals surface area contributed by atoms with E-state index in [1.807, 2.05) is 0 Å². The summed E-state index contributed by atoms with van der Waals surface area (Å²) in [6.45, 7) is 3.88. The Morgan fingerprint density at radius 1 is 1.06 bits per heavy atom. The molecule has 0 radical (unpaired) electrons. The highest BCUT2D eigenvalue weighted by molar-refractivity contribution is 6.15. The third-order valence-electron chi connectivity index (χ3n) is 5.33. The Morgan fingerprint density at radius 3 is 2.25 bits per heavy atom. The van der Waals surface area contributed by atoms with Crippen LogP contribution in [0.3, 0.4) is 0 Å². The van der Waals surface area contributed by atoms with Crippen LogP contribution in [0.4, 0.5) is 0 Å². The van der Waals surface area contributed by atoms with E-state index in [0.29, 0.717) is 0 Å². The van der Waals surface area contributed by atoms with Gasteiger partial charge in [0, 0.05) is 10.2 Å². The number of rotatable bonds is 3. The van der Waals surface area contributed by atoms with Gasteiger partial charge >= 0.3 is 0 Å². The molecule has 0 aliphatic heterocycles. The largest absolute Gasteiger partial charge is 0.103 e. The number of allylic oxidation sites excluding steroid dienone is 1. The Hall–Kier alpha value is -0.0431. The predicted octanol–water partition coefficient (Wildman–Crippen LogP) is 3.86. The molecule has 0 nitrogen and oxygen atoms in total. The van der Waals surface area contributed by atoms with E-state index < -0.39 is 0 Å². The first-order valence-corrected chi connectivity index (χ1v) is 8.35. The second-order valence-corrected chi connectivity index (χ2v) is 8.45. The van der Waals surface area contributed by atoms with E-state index in [9.17, 15) is 0 Å². The Labute approximate surface area is 104 Å².